The van der Waals surface area contributed by atoms with E-state index in [9.17, 15) is 34.6 Å². The predicted molar refractivity (Wildman–Crippen MR) is 229 cm³/mol. The van der Waals surface area contributed by atoms with Crippen LogP contribution in [0.25, 0.3) is 43.6 Å². The van der Waals surface area contributed by atoms with E-state index in [4.69, 9.17) is 10.7 Å². The first-order chi connectivity index (χ1) is 29.0. The van der Waals surface area contributed by atoms with Crippen LogP contribution in [0.3, 0.4) is 0 Å². The second-order valence-corrected chi connectivity index (χ2v) is 13.7. The highest BCUT2D eigenvalue weighted by Gasteiger charge is 2.24. The fraction of sp³-hybridized carbons (Fsp3) is 0.0682. The highest BCUT2D eigenvalue weighted by Crippen LogP contribution is 2.38. The van der Waals surface area contributed by atoms with E-state index in [1.165, 1.54) is 24.3 Å². The van der Waals surface area contributed by atoms with Gasteiger partial charge in [0.05, 0.1) is 43.3 Å². The molecule has 0 spiro atoms. The molecule has 0 saturated carbocycles. The third kappa shape index (κ3) is 7.62. The number of para-hydroxylation sites is 4. The number of amides is 3. The van der Waals surface area contributed by atoms with Crippen LogP contribution in [0.5, 0.6) is 0 Å². The van der Waals surface area contributed by atoms with Crippen molar-refractivity contribution in [2.24, 2.45) is 5.73 Å². The van der Waals surface area contributed by atoms with E-state index in [0.717, 1.165) is 33.7 Å². The van der Waals surface area contributed by atoms with Gasteiger partial charge in [0.1, 0.15) is 17.4 Å². The van der Waals surface area contributed by atoms with Crippen molar-refractivity contribution in [1.82, 2.24) is 20.6 Å². The number of fused-ring (bicyclic) bond motifs is 4. The molecular formula is C44H33N9O7. The van der Waals surface area contributed by atoms with Crippen molar-refractivity contribution in [2.45, 2.75) is 12.5 Å². The average molecular weight is 800 g/mol. The lowest BCUT2D eigenvalue weighted by Gasteiger charge is -2.17. The molecule has 0 aliphatic carbocycles. The minimum atomic E-state index is -1.28. The summed E-state index contributed by atoms with van der Waals surface area (Å²) in [5.74, 6) is -2.40. The van der Waals surface area contributed by atoms with Gasteiger partial charge in [-0.25, -0.2) is 9.97 Å². The van der Waals surface area contributed by atoms with Crippen LogP contribution in [0.1, 0.15) is 27.1 Å². The second kappa shape index (κ2) is 16.1. The molecule has 8 rings (SSSR count). The number of anilines is 4. The lowest BCUT2D eigenvalue weighted by atomic mass is 10.1. The average Bonchev–Trinajstić information content (AvgIpc) is 3.25. The van der Waals surface area contributed by atoms with Crippen LogP contribution in [0.2, 0.25) is 0 Å². The number of nitro benzene ring substituents is 2. The quantitative estimate of drug-likeness (QED) is 0.0428. The van der Waals surface area contributed by atoms with Crippen LogP contribution < -0.4 is 27.0 Å². The number of carbonyl (C=O) groups excluding carboxylic acids is 3. The van der Waals surface area contributed by atoms with E-state index in [1.54, 1.807) is 0 Å². The highest BCUT2D eigenvalue weighted by atomic mass is 16.6. The van der Waals surface area contributed by atoms with Gasteiger partial charge in [-0.1, -0.05) is 72.8 Å². The van der Waals surface area contributed by atoms with Gasteiger partial charge >= 0.3 is 0 Å². The maximum absolute atomic E-state index is 13.4. The van der Waals surface area contributed by atoms with Gasteiger partial charge < -0.3 is 27.0 Å². The SMILES string of the molecule is NC(=O)[C@@H](CCNC(=O)c1ccc(Nc2c3ccccc3nc3ccccc23)c([N+](=O)[O-])c1)NC(=O)c1ccc(Nc2c3ccccc3nc3ccccc23)c([N+](=O)[O-])c1. The molecule has 3 amide bonds. The van der Waals surface area contributed by atoms with Gasteiger partial charge in [0, 0.05) is 51.3 Å². The zero-order valence-corrected chi connectivity index (χ0v) is 31.4. The standard InChI is InChI=1S/C44H33N9O7/c45-42(54)37(51-44(56)26-18-20-36(39(24-26)53(59)60)50-41-29-11-3-7-15-33(29)48-34-16-8-4-12-30(34)41)21-22-46-43(55)25-17-19-35(38(23-25)52(57)58)49-40-27-9-1-5-13-31(27)47-32-14-6-2-10-28(32)40/h1-20,23-24,37H,21-22H2,(H2,45,54)(H,46,55)(H,47,49)(H,48,50)(H,51,56)/t37-/m1/s1. The van der Waals surface area contributed by atoms with Crippen molar-refractivity contribution in [2.75, 3.05) is 17.2 Å². The van der Waals surface area contributed by atoms with Gasteiger partial charge in [-0.2, -0.15) is 0 Å². The summed E-state index contributed by atoms with van der Waals surface area (Å²) in [5, 5.41) is 39.0. The second-order valence-electron chi connectivity index (χ2n) is 13.7. The first kappa shape index (κ1) is 38.3. The molecule has 0 aliphatic heterocycles. The lowest BCUT2D eigenvalue weighted by Crippen LogP contribution is -2.46. The number of nitrogens with two attached hydrogens (primary N) is 1. The minimum absolute atomic E-state index is 0.0230. The Morgan fingerprint density at radius 1 is 0.567 bits per heavy atom. The van der Waals surface area contributed by atoms with E-state index in [0.29, 0.717) is 33.4 Å². The number of nitro groups is 2. The summed E-state index contributed by atoms with van der Waals surface area (Å²) in [6.07, 6.45) is -0.152. The molecule has 2 heterocycles. The molecule has 0 unspecified atom stereocenters. The lowest BCUT2D eigenvalue weighted by molar-refractivity contribution is -0.384. The van der Waals surface area contributed by atoms with Crippen molar-refractivity contribution >= 4 is 95.5 Å². The number of rotatable bonds is 13. The van der Waals surface area contributed by atoms with E-state index in [2.05, 4.69) is 26.3 Å². The summed E-state index contributed by atoms with van der Waals surface area (Å²) in [6, 6.07) is 36.1. The van der Waals surface area contributed by atoms with Crippen molar-refractivity contribution in [3.63, 3.8) is 0 Å². The number of benzene rings is 6. The van der Waals surface area contributed by atoms with E-state index in [1.807, 2.05) is 97.1 Å². The van der Waals surface area contributed by atoms with Crippen LogP contribution in [0.15, 0.2) is 133 Å². The van der Waals surface area contributed by atoms with Crippen LogP contribution in [-0.4, -0.2) is 50.1 Å². The van der Waals surface area contributed by atoms with Gasteiger partial charge in [0.25, 0.3) is 23.2 Å². The highest BCUT2D eigenvalue weighted by molar-refractivity contribution is 6.10. The van der Waals surface area contributed by atoms with Crippen LogP contribution >= 0.6 is 0 Å². The predicted octanol–water partition coefficient (Wildman–Crippen LogP) is 7.80. The minimum Gasteiger partial charge on any atom is -0.368 e. The number of hydrogen-bond donors (Lipinski definition) is 5. The molecular weight excluding hydrogens is 767 g/mol. The van der Waals surface area contributed by atoms with E-state index < -0.39 is 39.3 Å². The van der Waals surface area contributed by atoms with Gasteiger partial charge in [-0.15, -0.1) is 0 Å². The topological polar surface area (TPSA) is 237 Å². The maximum atomic E-state index is 13.4. The van der Waals surface area contributed by atoms with Crippen LogP contribution in [0.4, 0.5) is 34.1 Å². The number of nitrogens with zero attached hydrogens (tertiary/aromatic N) is 4. The molecule has 0 saturated heterocycles. The fourth-order valence-electron chi connectivity index (χ4n) is 7.04. The van der Waals surface area contributed by atoms with E-state index >= 15 is 0 Å². The molecule has 6 aromatic carbocycles. The third-order valence-electron chi connectivity index (χ3n) is 9.98. The van der Waals surface area contributed by atoms with Crippen LogP contribution in [-0.2, 0) is 4.79 Å². The van der Waals surface area contributed by atoms with Crippen molar-refractivity contribution < 1.29 is 24.2 Å². The first-order valence-electron chi connectivity index (χ1n) is 18.6. The Morgan fingerprint density at radius 2 is 0.950 bits per heavy atom. The molecule has 6 N–H and O–H groups in total. The monoisotopic (exact) mass is 799 g/mol. The van der Waals surface area contributed by atoms with Crippen LogP contribution in [0, 0.1) is 20.2 Å². The van der Waals surface area contributed by atoms with Crippen molar-refractivity contribution in [3.05, 3.63) is 165 Å². The largest absolute Gasteiger partial charge is 0.368 e. The van der Waals surface area contributed by atoms with Crippen molar-refractivity contribution in [3.8, 4) is 0 Å². The number of hydrogen-bond acceptors (Lipinski definition) is 11. The summed E-state index contributed by atoms with van der Waals surface area (Å²) < 4.78 is 0. The van der Waals surface area contributed by atoms with Gasteiger partial charge in [0.15, 0.2) is 0 Å². The molecule has 60 heavy (non-hydrogen) atoms. The molecule has 2 aromatic heterocycles. The normalized spacial score (nSPS) is 11.6. The Balaban J connectivity index is 0.956. The Morgan fingerprint density at radius 3 is 1.33 bits per heavy atom. The Kier molecular flexibility index (Phi) is 10.3. The Hall–Kier alpha value is -8.53. The summed E-state index contributed by atoms with van der Waals surface area (Å²) >= 11 is 0. The molecule has 16 heteroatoms. The third-order valence-corrected chi connectivity index (χ3v) is 9.98. The zero-order valence-electron chi connectivity index (χ0n) is 31.4. The number of aromatic nitrogens is 2. The summed E-state index contributed by atoms with van der Waals surface area (Å²) in [6.45, 7) is -0.160. The molecule has 296 valence electrons. The first-order valence-corrected chi connectivity index (χ1v) is 18.6. The molecule has 0 radical (unpaired) electrons. The van der Waals surface area contributed by atoms with Crippen molar-refractivity contribution in [1.29, 1.82) is 0 Å². The Bertz CT molecular complexity index is 2960. The smallest absolute Gasteiger partial charge is 0.293 e. The van der Waals surface area contributed by atoms with Gasteiger partial charge in [-0.3, -0.25) is 34.6 Å². The molecule has 0 aliphatic rings. The summed E-state index contributed by atoms with van der Waals surface area (Å²) in [4.78, 5) is 71.7. The molecule has 0 bridgehead atoms. The van der Waals surface area contributed by atoms with Gasteiger partial charge in [0.2, 0.25) is 5.91 Å². The van der Waals surface area contributed by atoms with Gasteiger partial charge in [-0.05, 0) is 55.0 Å². The zero-order chi connectivity index (χ0) is 41.9. The molecule has 0 fully saturated rings. The number of pyridine rings is 2. The Labute approximate surface area is 339 Å². The number of primary amides is 1. The number of carbonyl (C=O) groups is 3. The molecule has 8 aromatic rings. The molecule has 1 atom stereocenters. The summed E-state index contributed by atoms with van der Waals surface area (Å²) in [5.41, 5.74) is 8.95. The molecule has 16 nitrogen and oxygen atoms in total. The fourth-order valence-corrected chi connectivity index (χ4v) is 7.04. The number of nitrogens with one attached hydrogen (secondary N) is 4. The summed E-state index contributed by atoms with van der Waals surface area (Å²) in [7, 11) is 0. The van der Waals surface area contributed by atoms with E-state index in [-0.39, 0.29) is 41.2 Å². The maximum Gasteiger partial charge on any atom is 0.293 e.